The predicted octanol–water partition coefficient (Wildman–Crippen LogP) is 2.57. The van der Waals surface area contributed by atoms with Gasteiger partial charge in [0.05, 0.1) is 19.9 Å². The molecule has 0 spiro atoms. The molecule has 0 radical (unpaired) electrons. The van der Waals surface area contributed by atoms with Gasteiger partial charge in [0, 0.05) is 6.07 Å². The van der Waals surface area contributed by atoms with E-state index in [2.05, 4.69) is 4.72 Å². The minimum atomic E-state index is -3.94. The largest absolute Gasteiger partial charge is 0.497 e. The maximum Gasteiger partial charge on any atom is 0.346 e. The number of thiophene rings is 1. The van der Waals surface area contributed by atoms with Crippen LogP contribution in [-0.2, 0) is 10.0 Å². The van der Waals surface area contributed by atoms with E-state index in [1.165, 1.54) is 26.4 Å². The molecule has 0 atom stereocenters. The zero-order chi connectivity index (χ0) is 17.2. The van der Waals surface area contributed by atoms with Gasteiger partial charge < -0.3 is 14.6 Å². The van der Waals surface area contributed by atoms with Crippen molar-refractivity contribution in [2.45, 2.75) is 11.1 Å². The standard InChI is InChI=1S/C14H15NO6S2/c1-8-6-12(22-13(8)14(16)17)23(18,19)15-10-7-9(20-2)4-5-11(10)21-3/h4-7,15H,1-3H3,(H,16,17). The third kappa shape index (κ3) is 3.57. The summed E-state index contributed by atoms with van der Waals surface area (Å²) < 4.78 is 37.4. The van der Waals surface area contributed by atoms with E-state index in [1.54, 1.807) is 19.1 Å². The molecule has 0 aliphatic carbocycles. The fraction of sp³-hybridized carbons (Fsp3) is 0.214. The number of nitrogens with one attached hydrogen (secondary N) is 1. The Hall–Kier alpha value is -2.26. The topological polar surface area (TPSA) is 102 Å². The predicted molar refractivity (Wildman–Crippen MR) is 86.4 cm³/mol. The smallest absolute Gasteiger partial charge is 0.346 e. The highest BCUT2D eigenvalue weighted by molar-refractivity contribution is 7.94. The van der Waals surface area contributed by atoms with Crippen LogP contribution in [0.3, 0.4) is 0 Å². The van der Waals surface area contributed by atoms with Crippen molar-refractivity contribution in [1.29, 1.82) is 0 Å². The second-order valence-corrected chi connectivity index (χ2v) is 7.52. The van der Waals surface area contributed by atoms with Crippen molar-refractivity contribution < 1.29 is 27.8 Å². The van der Waals surface area contributed by atoms with Crippen molar-refractivity contribution >= 4 is 33.0 Å². The van der Waals surface area contributed by atoms with E-state index < -0.39 is 16.0 Å². The molecule has 2 aromatic rings. The maximum absolute atomic E-state index is 12.5. The minimum absolute atomic E-state index is 0.0111. The Balaban J connectivity index is 2.42. The van der Waals surface area contributed by atoms with Crippen LogP contribution in [0, 0.1) is 6.92 Å². The normalized spacial score (nSPS) is 11.1. The Bertz CT molecular complexity index is 841. The first kappa shape index (κ1) is 17.1. The highest BCUT2D eigenvalue weighted by Gasteiger charge is 2.23. The molecule has 1 aromatic heterocycles. The zero-order valence-electron chi connectivity index (χ0n) is 12.6. The van der Waals surface area contributed by atoms with E-state index in [-0.39, 0.29) is 14.8 Å². The molecule has 0 bridgehead atoms. The molecular formula is C14H15NO6S2. The first-order chi connectivity index (χ1) is 10.8. The van der Waals surface area contributed by atoms with Crippen LogP contribution in [0.5, 0.6) is 11.5 Å². The summed E-state index contributed by atoms with van der Waals surface area (Å²) in [6, 6.07) is 6.01. The Morgan fingerprint density at radius 1 is 1.22 bits per heavy atom. The summed E-state index contributed by atoms with van der Waals surface area (Å²) in [5, 5.41) is 9.04. The molecule has 7 nitrogen and oxygen atoms in total. The second-order valence-electron chi connectivity index (χ2n) is 4.55. The molecule has 0 amide bonds. The van der Waals surface area contributed by atoms with Gasteiger partial charge in [0.2, 0.25) is 0 Å². The SMILES string of the molecule is COc1ccc(OC)c(NS(=O)(=O)c2cc(C)c(C(=O)O)s2)c1. The Labute approximate surface area is 137 Å². The fourth-order valence-corrected chi connectivity index (χ4v) is 4.33. The van der Waals surface area contributed by atoms with E-state index in [0.29, 0.717) is 28.4 Å². The van der Waals surface area contributed by atoms with Crippen LogP contribution in [0.1, 0.15) is 15.2 Å². The van der Waals surface area contributed by atoms with Crippen molar-refractivity contribution in [3.63, 3.8) is 0 Å². The number of rotatable bonds is 6. The summed E-state index contributed by atoms with van der Waals surface area (Å²) in [6.45, 7) is 1.55. The van der Waals surface area contributed by atoms with Crippen LogP contribution in [0.15, 0.2) is 28.5 Å². The van der Waals surface area contributed by atoms with Gasteiger partial charge in [0.1, 0.15) is 20.6 Å². The lowest BCUT2D eigenvalue weighted by molar-refractivity contribution is 0.0701. The van der Waals surface area contributed by atoms with E-state index in [9.17, 15) is 13.2 Å². The molecule has 23 heavy (non-hydrogen) atoms. The lowest BCUT2D eigenvalue weighted by Crippen LogP contribution is -2.12. The van der Waals surface area contributed by atoms with Crippen LogP contribution < -0.4 is 14.2 Å². The molecule has 0 aliphatic rings. The van der Waals surface area contributed by atoms with Crippen molar-refractivity contribution in [2.24, 2.45) is 0 Å². The molecule has 124 valence electrons. The molecule has 1 aromatic carbocycles. The van der Waals surface area contributed by atoms with E-state index in [0.717, 1.165) is 0 Å². The van der Waals surface area contributed by atoms with Crippen molar-refractivity contribution in [1.82, 2.24) is 0 Å². The fourth-order valence-electron chi connectivity index (χ4n) is 1.89. The van der Waals surface area contributed by atoms with Crippen LogP contribution in [0.2, 0.25) is 0 Å². The first-order valence-electron chi connectivity index (χ1n) is 6.37. The average Bonchev–Trinajstić information content (AvgIpc) is 2.90. The highest BCUT2D eigenvalue weighted by Crippen LogP contribution is 2.33. The zero-order valence-corrected chi connectivity index (χ0v) is 14.2. The van der Waals surface area contributed by atoms with Gasteiger partial charge in [-0.3, -0.25) is 4.72 Å². The summed E-state index contributed by atoms with van der Waals surface area (Å²) in [6.07, 6.45) is 0. The van der Waals surface area contributed by atoms with Gasteiger partial charge in [-0.2, -0.15) is 0 Å². The van der Waals surface area contributed by atoms with Gasteiger partial charge >= 0.3 is 5.97 Å². The molecule has 1 heterocycles. The molecule has 0 unspecified atom stereocenters. The molecule has 9 heteroatoms. The summed E-state index contributed by atoms with van der Waals surface area (Å²) in [5.74, 6) is -0.383. The lowest BCUT2D eigenvalue weighted by Gasteiger charge is -2.12. The monoisotopic (exact) mass is 357 g/mol. The van der Waals surface area contributed by atoms with Gasteiger partial charge in [0.25, 0.3) is 10.0 Å². The molecule has 0 aliphatic heterocycles. The number of hydrogen-bond acceptors (Lipinski definition) is 6. The van der Waals surface area contributed by atoms with Gasteiger partial charge in [-0.05, 0) is 30.7 Å². The lowest BCUT2D eigenvalue weighted by atomic mass is 10.3. The van der Waals surface area contributed by atoms with E-state index >= 15 is 0 Å². The summed E-state index contributed by atoms with van der Waals surface area (Å²) in [7, 11) is -1.06. The van der Waals surface area contributed by atoms with Crippen LogP contribution in [-0.4, -0.2) is 33.7 Å². The number of hydrogen-bond donors (Lipinski definition) is 2. The van der Waals surface area contributed by atoms with E-state index in [4.69, 9.17) is 14.6 Å². The second kappa shape index (κ2) is 6.47. The number of anilines is 1. The Morgan fingerprint density at radius 3 is 2.43 bits per heavy atom. The van der Waals surface area contributed by atoms with Gasteiger partial charge in [-0.25, -0.2) is 13.2 Å². The summed E-state index contributed by atoms with van der Waals surface area (Å²) in [5.41, 5.74) is 0.593. The van der Waals surface area contributed by atoms with Crippen LogP contribution in [0.4, 0.5) is 5.69 Å². The molecule has 2 rings (SSSR count). The number of aryl methyl sites for hydroxylation is 1. The van der Waals surface area contributed by atoms with Crippen molar-refractivity contribution in [3.05, 3.63) is 34.7 Å². The molecule has 0 fully saturated rings. The van der Waals surface area contributed by atoms with Gasteiger partial charge in [-0.1, -0.05) is 0 Å². The van der Waals surface area contributed by atoms with Gasteiger partial charge in [-0.15, -0.1) is 11.3 Å². The van der Waals surface area contributed by atoms with Crippen molar-refractivity contribution in [2.75, 3.05) is 18.9 Å². The quantitative estimate of drug-likeness (QED) is 0.824. The Morgan fingerprint density at radius 2 is 1.91 bits per heavy atom. The van der Waals surface area contributed by atoms with Crippen LogP contribution in [0.25, 0.3) is 0 Å². The Kier molecular flexibility index (Phi) is 4.81. The maximum atomic E-state index is 12.5. The van der Waals surface area contributed by atoms with Crippen molar-refractivity contribution in [3.8, 4) is 11.5 Å². The number of carboxylic acid groups (broad SMARTS) is 1. The minimum Gasteiger partial charge on any atom is -0.497 e. The average molecular weight is 357 g/mol. The number of carboxylic acids is 1. The number of ether oxygens (including phenoxy) is 2. The third-order valence-electron chi connectivity index (χ3n) is 3.01. The van der Waals surface area contributed by atoms with Gasteiger partial charge in [0.15, 0.2) is 0 Å². The summed E-state index contributed by atoms with van der Waals surface area (Å²) >= 11 is 0.695. The first-order valence-corrected chi connectivity index (χ1v) is 8.67. The number of aromatic carboxylic acids is 1. The third-order valence-corrected chi connectivity index (χ3v) is 6.07. The molecule has 0 saturated carbocycles. The molecular weight excluding hydrogens is 342 g/mol. The van der Waals surface area contributed by atoms with Crippen LogP contribution >= 0.6 is 11.3 Å². The van der Waals surface area contributed by atoms with E-state index in [1.807, 2.05) is 0 Å². The number of carbonyl (C=O) groups is 1. The highest BCUT2D eigenvalue weighted by atomic mass is 32.2. The number of sulfonamides is 1. The number of benzene rings is 1. The number of methoxy groups -OCH3 is 2. The molecule has 0 saturated heterocycles. The molecule has 2 N–H and O–H groups in total. The summed E-state index contributed by atoms with van der Waals surface area (Å²) in [4.78, 5) is 11.1.